The Hall–Kier alpha value is -1.15. The molecule has 0 radical (unpaired) electrons. The van der Waals surface area contributed by atoms with Crippen LogP contribution in [0.4, 0.5) is 0 Å². The first-order valence-electron chi connectivity index (χ1n) is 8.98. The zero-order valence-electron chi connectivity index (χ0n) is 15.1. The molecule has 6 nitrogen and oxygen atoms in total. The first-order valence-corrected chi connectivity index (χ1v) is 10.4. The van der Waals surface area contributed by atoms with Crippen molar-refractivity contribution in [3.63, 3.8) is 0 Å². The largest absolute Gasteiger partial charge is 0.354 e. The van der Waals surface area contributed by atoms with Gasteiger partial charge in [0.1, 0.15) is 6.04 Å². The van der Waals surface area contributed by atoms with Crippen molar-refractivity contribution in [2.45, 2.75) is 43.5 Å². The molecule has 26 heavy (non-hydrogen) atoms. The van der Waals surface area contributed by atoms with Crippen LogP contribution in [0, 0.1) is 5.41 Å². The summed E-state index contributed by atoms with van der Waals surface area (Å²) in [5, 5.41) is 6.34. The second kappa shape index (κ2) is 8.69. The van der Waals surface area contributed by atoms with Gasteiger partial charge in [0.15, 0.2) is 0 Å². The van der Waals surface area contributed by atoms with E-state index in [0.717, 1.165) is 25.9 Å². The Morgan fingerprint density at radius 2 is 1.92 bits per heavy atom. The molecule has 0 aliphatic carbocycles. The van der Waals surface area contributed by atoms with Crippen molar-refractivity contribution in [2.75, 3.05) is 26.2 Å². The molecule has 1 aromatic rings. The van der Waals surface area contributed by atoms with Crippen LogP contribution in [-0.2, 0) is 14.8 Å². The fourth-order valence-electron chi connectivity index (χ4n) is 3.64. The Kier molecular flexibility index (Phi) is 7.07. The minimum atomic E-state index is -3.63. The molecule has 0 aromatic heterocycles. The summed E-state index contributed by atoms with van der Waals surface area (Å²) < 4.78 is 27.1. The lowest BCUT2D eigenvalue weighted by Crippen LogP contribution is -2.49. The molecule has 0 bridgehead atoms. The van der Waals surface area contributed by atoms with E-state index in [1.54, 1.807) is 30.3 Å². The lowest BCUT2D eigenvalue weighted by atomic mass is 9.81. The lowest BCUT2D eigenvalue weighted by Gasteiger charge is -2.34. The maximum Gasteiger partial charge on any atom is 0.243 e. The monoisotopic (exact) mass is 401 g/mol. The highest BCUT2D eigenvalue weighted by molar-refractivity contribution is 7.89. The van der Waals surface area contributed by atoms with Crippen LogP contribution in [0.2, 0.25) is 0 Å². The van der Waals surface area contributed by atoms with Gasteiger partial charge in [0.05, 0.1) is 4.90 Å². The Morgan fingerprint density at radius 3 is 2.58 bits per heavy atom. The standard InChI is InChI=1S/C18H27N3O3S.ClH/c1-18(9-11-19-12-10-18)14-20-17(22)16-8-5-13-21(16)25(23,24)15-6-3-2-4-7-15;/h2-4,6-7,16,19H,5,8-14H2,1H3,(H,20,22);1H. The number of nitrogens with one attached hydrogen (secondary N) is 2. The summed E-state index contributed by atoms with van der Waals surface area (Å²) in [7, 11) is -3.63. The average molecular weight is 402 g/mol. The van der Waals surface area contributed by atoms with E-state index in [1.807, 2.05) is 0 Å². The number of carbonyl (C=O) groups excluding carboxylic acids is 1. The summed E-state index contributed by atoms with van der Waals surface area (Å²) in [6.07, 6.45) is 3.33. The quantitative estimate of drug-likeness (QED) is 0.788. The maximum atomic E-state index is 12.9. The minimum absolute atomic E-state index is 0. The molecule has 146 valence electrons. The predicted molar refractivity (Wildman–Crippen MR) is 104 cm³/mol. The van der Waals surface area contributed by atoms with E-state index in [2.05, 4.69) is 17.6 Å². The molecule has 1 aromatic carbocycles. The molecule has 0 spiro atoms. The van der Waals surface area contributed by atoms with E-state index >= 15 is 0 Å². The van der Waals surface area contributed by atoms with Crippen molar-refractivity contribution in [3.8, 4) is 0 Å². The minimum Gasteiger partial charge on any atom is -0.354 e. The van der Waals surface area contributed by atoms with Crippen LogP contribution >= 0.6 is 12.4 Å². The molecule has 1 unspecified atom stereocenters. The second-order valence-electron chi connectivity index (χ2n) is 7.37. The average Bonchev–Trinajstić information content (AvgIpc) is 3.12. The first-order chi connectivity index (χ1) is 11.9. The molecule has 2 N–H and O–H groups in total. The van der Waals surface area contributed by atoms with Crippen LogP contribution < -0.4 is 10.6 Å². The lowest BCUT2D eigenvalue weighted by molar-refractivity contribution is -0.124. The Morgan fingerprint density at radius 1 is 1.27 bits per heavy atom. The van der Waals surface area contributed by atoms with Crippen LogP contribution in [-0.4, -0.2) is 50.9 Å². The summed E-state index contributed by atoms with van der Waals surface area (Å²) in [4.78, 5) is 12.9. The van der Waals surface area contributed by atoms with Crippen molar-refractivity contribution >= 4 is 28.3 Å². The number of carbonyl (C=O) groups is 1. The molecule has 0 saturated carbocycles. The molecule has 1 amide bonds. The first kappa shape index (κ1) is 21.2. The summed E-state index contributed by atoms with van der Waals surface area (Å²) in [5.74, 6) is -0.170. The summed E-state index contributed by atoms with van der Waals surface area (Å²) in [6.45, 7) is 5.11. The number of piperidine rings is 1. The van der Waals surface area contributed by atoms with Crippen molar-refractivity contribution in [3.05, 3.63) is 30.3 Å². The number of sulfonamides is 1. The van der Waals surface area contributed by atoms with Crippen molar-refractivity contribution in [1.29, 1.82) is 0 Å². The Balaban J connectivity index is 0.00000243. The van der Waals surface area contributed by atoms with Crippen molar-refractivity contribution in [2.24, 2.45) is 5.41 Å². The van der Waals surface area contributed by atoms with E-state index in [1.165, 1.54) is 4.31 Å². The number of rotatable bonds is 5. The van der Waals surface area contributed by atoms with Gasteiger partial charge in [-0.25, -0.2) is 8.42 Å². The van der Waals surface area contributed by atoms with E-state index in [4.69, 9.17) is 0 Å². The number of hydrogen-bond acceptors (Lipinski definition) is 4. The van der Waals surface area contributed by atoms with Crippen LogP contribution in [0.1, 0.15) is 32.6 Å². The van der Waals surface area contributed by atoms with Gasteiger partial charge in [-0.3, -0.25) is 4.79 Å². The van der Waals surface area contributed by atoms with Gasteiger partial charge in [-0.1, -0.05) is 25.1 Å². The zero-order chi connectivity index (χ0) is 17.9. The molecule has 8 heteroatoms. The number of halogens is 1. The highest BCUT2D eigenvalue weighted by Crippen LogP contribution is 2.28. The van der Waals surface area contributed by atoms with Gasteiger partial charge in [0.25, 0.3) is 0 Å². The predicted octanol–water partition coefficient (Wildman–Crippen LogP) is 1.77. The summed E-state index contributed by atoms with van der Waals surface area (Å²) in [6, 6.07) is 7.76. The second-order valence-corrected chi connectivity index (χ2v) is 9.26. The molecule has 2 aliphatic rings. The summed E-state index contributed by atoms with van der Waals surface area (Å²) in [5.41, 5.74) is 0.0860. The van der Waals surface area contributed by atoms with E-state index in [0.29, 0.717) is 25.9 Å². The summed E-state index contributed by atoms with van der Waals surface area (Å²) >= 11 is 0. The van der Waals surface area contributed by atoms with Crippen LogP contribution in [0.3, 0.4) is 0 Å². The van der Waals surface area contributed by atoms with Crippen molar-refractivity contribution in [1.82, 2.24) is 14.9 Å². The molecule has 2 heterocycles. The van der Waals surface area contributed by atoms with Crippen LogP contribution in [0.15, 0.2) is 35.2 Å². The van der Waals surface area contributed by atoms with E-state index < -0.39 is 16.1 Å². The topological polar surface area (TPSA) is 78.5 Å². The molecule has 2 fully saturated rings. The van der Waals surface area contributed by atoms with Gasteiger partial charge in [0.2, 0.25) is 15.9 Å². The highest BCUT2D eigenvalue weighted by Gasteiger charge is 2.40. The van der Waals surface area contributed by atoms with Gasteiger partial charge in [-0.2, -0.15) is 4.31 Å². The number of nitrogens with zero attached hydrogens (tertiary/aromatic N) is 1. The highest BCUT2D eigenvalue weighted by atomic mass is 35.5. The fourth-order valence-corrected chi connectivity index (χ4v) is 5.32. The maximum absolute atomic E-state index is 12.9. The van der Waals surface area contributed by atoms with Crippen molar-refractivity contribution < 1.29 is 13.2 Å². The molecular weight excluding hydrogens is 374 g/mol. The molecule has 2 saturated heterocycles. The van der Waals surface area contributed by atoms with Gasteiger partial charge >= 0.3 is 0 Å². The van der Waals surface area contributed by atoms with Gasteiger partial charge in [-0.15, -0.1) is 12.4 Å². The fraction of sp³-hybridized carbons (Fsp3) is 0.611. The van der Waals surface area contributed by atoms with E-state index in [9.17, 15) is 13.2 Å². The molecule has 1 atom stereocenters. The van der Waals surface area contributed by atoms with Gasteiger partial charge in [-0.05, 0) is 56.3 Å². The SMILES string of the molecule is CC1(CNC(=O)C2CCCN2S(=O)(=O)c2ccccc2)CCNCC1.Cl. The number of hydrogen-bond donors (Lipinski definition) is 2. The Bertz CT molecular complexity index is 706. The zero-order valence-corrected chi connectivity index (χ0v) is 16.7. The smallest absolute Gasteiger partial charge is 0.243 e. The number of benzene rings is 1. The number of amides is 1. The molecule has 2 aliphatic heterocycles. The Labute approximate surface area is 162 Å². The van der Waals surface area contributed by atoms with Crippen LogP contribution in [0.5, 0.6) is 0 Å². The third-order valence-corrected chi connectivity index (χ3v) is 7.28. The third-order valence-electron chi connectivity index (χ3n) is 5.36. The van der Waals surface area contributed by atoms with Gasteiger partial charge in [0, 0.05) is 13.1 Å². The van der Waals surface area contributed by atoms with E-state index in [-0.39, 0.29) is 28.6 Å². The normalized spacial score (nSPS) is 23.2. The molecule has 3 rings (SSSR count). The van der Waals surface area contributed by atoms with Gasteiger partial charge < -0.3 is 10.6 Å². The molecular formula is C18H28ClN3O3S. The third kappa shape index (κ3) is 4.57. The van der Waals surface area contributed by atoms with Crippen LogP contribution in [0.25, 0.3) is 0 Å².